The molecule has 2 aromatic heterocycles. The van der Waals surface area contributed by atoms with Crippen LogP contribution in [-0.2, 0) is 16.0 Å². The Morgan fingerprint density at radius 1 is 1.26 bits per heavy atom. The highest BCUT2D eigenvalue weighted by atomic mass is 32.2. The summed E-state index contributed by atoms with van der Waals surface area (Å²) in [6.45, 7) is 0.928. The third-order valence-electron chi connectivity index (χ3n) is 4.25. The topological polar surface area (TPSA) is 40.6 Å². The number of nitrogens with zero attached hydrogens (tertiary/aromatic N) is 2. The molecular weight excluding hydrogens is 348 g/mol. The fourth-order valence-electron chi connectivity index (χ4n) is 3.13. The second kappa shape index (κ2) is 6.30. The first-order chi connectivity index (χ1) is 11.2. The maximum Gasteiger partial charge on any atom is 0.243 e. The molecule has 0 bridgehead atoms. The number of thioether (sulfide) groups is 1. The van der Waals surface area contributed by atoms with Gasteiger partial charge in [0.2, 0.25) is 11.8 Å². The summed E-state index contributed by atoms with van der Waals surface area (Å²) < 4.78 is 0. The Kier molecular flexibility index (Phi) is 4.17. The van der Waals surface area contributed by atoms with Crippen LogP contribution in [0.2, 0.25) is 0 Å². The zero-order valence-electron chi connectivity index (χ0n) is 12.4. The van der Waals surface area contributed by atoms with Gasteiger partial charge in [0.05, 0.1) is 17.7 Å². The average Bonchev–Trinajstić information content (AvgIpc) is 3.28. The molecule has 23 heavy (non-hydrogen) atoms. The number of carbonyl (C=O) groups is 2. The van der Waals surface area contributed by atoms with E-state index in [0.29, 0.717) is 11.6 Å². The predicted octanol–water partition coefficient (Wildman–Crippen LogP) is 2.82. The van der Waals surface area contributed by atoms with Crippen molar-refractivity contribution in [2.45, 2.75) is 12.5 Å². The number of hydrogen-bond donors (Lipinski definition) is 0. The first-order valence-corrected chi connectivity index (χ1v) is 10.4. The highest BCUT2D eigenvalue weighted by Crippen LogP contribution is 2.39. The van der Waals surface area contributed by atoms with Crippen LogP contribution in [0, 0.1) is 0 Å². The minimum absolute atomic E-state index is 0.00265. The Hall–Kier alpha value is -1.31. The molecule has 2 aliphatic heterocycles. The van der Waals surface area contributed by atoms with Gasteiger partial charge in [-0.3, -0.25) is 9.59 Å². The van der Waals surface area contributed by atoms with E-state index in [4.69, 9.17) is 0 Å². The predicted molar refractivity (Wildman–Crippen MR) is 94.9 cm³/mol. The summed E-state index contributed by atoms with van der Waals surface area (Å²) in [7, 11) is 0. The quantitative estimate of drug-likeness (QED) is 0.841. The first kappa shape index (κ1) is 15.2. The molecule has 1 saturated heterocycles. The third-order valence-corrected chi connectivity index (χ3v) is 7.12. The van der Waals surface area contributed by atoms with E-state index in [0.717, 1.165) is 13.0 Å². The van der Waals surface area contributed by atoms with Gasteiger partial charge < -0.3 is 9.80 Å². The Balaban J connectivity index is 1.61. The molecule has 0 N–H and O–H groups in total. The molecule has 2 amide bonds. The summed E-state index contributed by atoms with van der Waals surface area (Å²) in [6.07, 6.45) is 0.906. The molecule has 2 aromatic rings. The normalized spacial score (nSPS) is 20.9. The molecule has 0 unspecified atom stereocenters. The van der Waals surface area contributed by atoms with Gasteiger partial charge in [-0.05, 0) is 34.9 Å². The molecule has 1 fully saturated rings. The smallest absolute Gasteiger partial charge is 0.243 e. The zero-order valence-corrected chi connectivity index (χ0v) is 14.9. The number of hydrogen-bond acceptors (Lipinski definition) is 5. The van der Waals surface area contributed by atoms with Crippen LogP contribution in [-0.4, -0.2) is 46.3 Å². The molecule has 0 saturated carbocycles. The second-order valence-corrected chi connectivity index (χ2v) is 8.56. The highest BCUT2D eigenvalue weighted by Gasteiger charge is 2.35. The van der Waals surface area contributed by atoms with Crippen molar-refractivity contribution in [1.29, 1.82) is 0 Å². The van der Waals surface area contributed by atoms with E-state index in [9.17, 15) is 9.59 Å². The lowest BCUT2D eigenvalue weighted by molar-refractivity contribution is -0.139. The Bertz CT molecular complexity index is 726. The lowest BCUT2D eigenvalue weighted by atomic mass is 9.98. The summed E-state index contributed by atoms with van der Waals surface area (Å²) in [5.41, 5.74) is 1.25. The van der Waals surface area contributed by atoms with E-state index in [1.54, 1.807) is 39.3 Å². The van der Waals surface area contributed by atoms with E-state index >= 15 is 0 Å². The molecule has 0 aromatic carbocycles. The maximum absolute atomic E-state index is 12.9. The van der Waals surface area contributed by atoms with Crippen LogP contribution in [0.15, 0.2) is 29.0 Å². The molecule has 4 rings (SSSR count). The van der Waals surface area contributed by atoms with Gasteiger partial charge in [-0.25, -0.2) is 0 Å². The van der Waals surface area contributed by atoms with Gasteiger partial charge in [0.15, 0.2) is 0 Å². The van der Waals surface area contributed by atoms with Crippen LogP contribution in [0.5, 0.6) is 0 Å². The Morgan fingerprint density at radius 2 is 2.17 bits per heavy atom. The molecule has 0 spiro atoms. The van der Waals surface area contributed by atoms with Gasteiger partial charge >= 0.3 is 0 Å². The van der Waals surface area contributed by atoms with E-state index in [1.807, 2.05) is 11.0 Å². The lowest BCUT2D eigenvalue weighted by Crippen LogP contribution is -2.45. The summed E-state index contributed by atoms with van der Waals surface area (Å²) in [5.74, 6) is 1.25. The second-order valence-electron chi connectivity index (χ2n) is 5.62. The van der Waals surface area contributed by atoms with Gasteiger partial charge in [0, 0.05) is 16.3 Å². The minimum Gasteiger partial charge on any atom is -0.329 e. The lowest BCUT2D eigenvalue weighted by Gasteiger charge is -2.36. The molecule has 4 heterocycles. The van der Waals surface area contributed by atoms with Crippen LogP contribution in [0.4, 0.5) is 0 Å². The van der Waals surface area contributed by atoms with E-state index in [-0.39, 0.29) is 24.4 Å². The van der Waals surface area contributed by atoms with Crippen molar-refractivity contribution in [2.24, 2.45) is 0 Å². The molecule has 0 aliphatic carbocycles. The van der Waals surface area contributed by atoms with Crippen molar-refractivity contribution < 1.29 is 9.59 Å². The number of thiophene rings is 2. The minimum atomic E-state index is 0.00265. The van der Waals surface area contributed by atoms with Crippen molar-refractivity contribution in [1.82, 2.24) is 9.80 Å². The van der Waals surface area contributed by atoms with E-state index in [1.165, 1.54) is 15.3 Å². The van der Waals surface area contributed by atoms with Crippen molar-refractivity contribution >= 4 is 46.2 Å². The first-order valence-electron chi connectivity index (χ1n) is 7.48. The van der Waals surface area contributed by atoms with Gasteiger partial charge in [-0.15, -0.1) is 34.4 Å². The largest absolute Gasteiger partial charge is 0.329 e. The highest BCUT2D eigenvalue weighted by molar-refractivity contribution is 8.00. The summed E-state index contributed by atoms with van der Waals surface area (Å²) >= 11 is 5.04. The fourth-order valence-corrected chi connectivity index (χ4v) is 5.80. The maximum atomic E-state index is 12.9. The molecule has 4 nitrogen and oxygen atoms in total. The van der Waals surface area contributed by atoms with Crippen molar-refractivity contribution in [2.75, 3.05) is 24.7 Å². The van der Waals surface area contributed by atoms with E-state index in [2.05, 4.69) is 22.9 Å². The van der Waals surface area contributed by atoms with Gasteiger partial charge in [0.25, 0.3) is 0 Å². The molecular formula is C16H16N2O2S3. The Morgan fingerprint density at radius 3 is 2.91 bits per heavy atom. The number of fused-ring (bicyclic) bond motifs is 1. The summed E-state index contributed by atoms with van der Waals surface area (Å²) in [6, 6.07) is 6.27. The molecule has 120 valence electrons. The molecule has 0 radical (unpaired) electrons. The van der Waals surface area contributed by atoms with Crippen LogP contribution in [0.25, 0.3) is 0 Å². The van der Waals surface area contributed by atoms with E-state index < -0.39 is 0 Å². The van der Waals surface area contributed by atoms with Crippen molar-refractivity contribution in [3.63, 3.8) is 0 Å². The van der Waals surface area contributed by atoms with Gasteiger partial charge in [-0.1, -0.05) is 6.07 Å². The number of carbonyl (C=O) groups excluding carboxylic acids is 2. The molecule has 1 atom stereocenters. The van der Waals surface area contributed by atoms with Crippen LogP contribution in [0.3, 0.4) is 0 Å². The average molecular weight is 365 g/mol. The number of rotatable bonds is 3. The molecule has 2 aliphatic rings. The standard InChI is InChI=1S/C16H16N2O2S3/c19-14(8-17-10-21-9-15(17)20)18-5-3-12-11(4-7-23-12)16(18)13-2-1-6-22-13/h1-2,4,6-7,16H,3,5,8-10H2/t16-/m0/s1. The third kappa shape index (κ3) is 2.81. The van der Waals surface area contributed by atoms with Crippen LogP contribution in [0.1, 0.15) is 21.4 Å². The van der Waals surface area contributed by atoms with Crippen molar-refractivity contribution in [3.8, 4) is 0 Å². The summed E-state index contributed by atoms with van der Waals surface area (Å²) in [5, 5.41) is 4.17. The number of amides is 2. The van der Waals surface area contributed by atoms with Crippen LogP contribution >= 0.6 is 34.4 Å². The van der Waals surface area contributed by atoms with Crippen molar-refractivity contribution in [3.05, 3.63) is 44.3 Å². The fraction of sp³-hybridized carbons (Fsp3) is 0.375. The zero-order chi connectivity index (χ0) is 15.8. The SMILES string of the molecule is O=C1CSCN1CC(=O)N1CCc2sccc2[C@H]1c1cccs1. The molecule has 7 heteroatoms. The van der Waals surface area contributed by atoms with Crippen LogP contribution < -0.4 is 0 Å². The van der Waals surface area contributed by atoms with Gasteiger partial charge in [-0.2, -0.15) is 0 Å². The van der Waals surface area contributed by atoms with Gasteiger partial charge in [0.1, 0.15) is 6.54 Å². The Labute approximate surface area is 147 Å². The summed E-state index contributed by atoms with van der Waals surface area (Å²) in [4.78, 5) is 30.9. The monoisotopic (exact) mass is 364 g/mol.